The topological polar surface area (TPSA) is 64.9 Å². The summed E-state index contributed by atoms with van der Waals surface area (Å²) in [7, 11) is 0. The van der Waals surface area contributed by atoms with Crippen LogP contribution in [0.1, 0.15) is 17.7 Å². The highest BCUT2D eigenvalue weighted by Gasteiger charge is 2.17. The van der Waals surface area contributed by atoms with Crippen molar-refractivity contribution < 1.29 is 8.78 Å². The second kappa shape index (κ2) is 3.97. The fourth-order valence-electron chi connectivity index (χ4n) is 0.915. The van der Waals surface area contributed by atoms with Gasteiger partial charge in [-0.3, -0.25) is 4.98 Å². The molecule has 1 aromatic rings. The predicted octanol–water partition coefficient (Wildman–Crippen LogP) is 1.82. The maximum Gasteiger partial charge on any atom is 0.281 e. The van der Waals surface area contributed by atoms with E-state index in [0.29, 0.717) is 11.3 Å². The van der Waals surface area contributed by atoms with Crippen molar-refractivity contribution in [3.8, 4) is 0 Å². The van der Waals surface area contributed by atoms with Crippen molar-refractivity contribution in [3.63, 3.8) is 0 Å². The summed E-state index contributed by atoms with van der Waals surface area (Å²) in [4.78, 5) is 3.51. The molecule has 72 valence electrons. The second-order valence-corrected chi connectivity index (χ2v) is 3.19. The molecule has 0 spiro atoms. The highest BCUT2D eigenvalue weighted by molar-refractivity contribution is 9.10. The summed E-state index contributed by atoms with van der Waals surface area (Å²) in [6, 6.07) is 0. The SMILES string of the molecule is NCc1c(N)cnc(C(F)F)c1Br. The number of rotatable bonds is 2. The summed E-state index contributed by atoms with van der Waals surface area (Å²) in [5.74, 6) is 0. The summed E-state index contributed by atoms with van der Waals surface area (Å²) in [6.07, 6.45) is -1.44. The van der Waals surface area contributed by atoms with E-state index in [2.05, 4.69) is 20.9 Å². The van der Waals surface area contributed by atoms with E-state index in [1.807, 2.05) is 0 Å². The molecule has 13 heavy (non-hydrogen) atoms. The van der Waals surface area contributed by atoms with Crippen molar-refractivity contribution in [2.24, 2.45) is 5.73 Å². The standard InChI is InChI=1S/C7H8BrF2N3/c8-5-3(1-11)4(12)2-13-6(5)7(9)10/h2,7H,1,11-12H2. The first-order valence-electron chi connectivity index (χ1n) is 3.49. The number of nitrogen functional groups attached to an aromatic ring is 1. The number of pyridine rings is 1. The van der Waals surface area contributed by atoms with Gasteiger partial charge < -0.3 is 11.5 Å². The second-order valence-electron chi connectivity index (χ2n) is 2.40. The summed E-state index contributed by atoms with van der Waals surface area (Å²) < 4.78 is 24.8. The molecule has 0 aromatic carbocycles. The molecule has 0 bridgehead atoms. The Hall–Kier alpha value is -0.750. The maximum absolute atomic E-state index is 12.3. The van der Waals surface area contributed by atoms with Crippen LogP contribution >= 0.6 is 15.9 Å². The predicted molar refractivity (Wildman–Crippen MR) is 49.2 cm³/mol. The van der Waals surface area contributed by atoms with E-state index < -0.39 is 6.43 Å². The summed E-state index contributed by atoms with van der Waals surface area (Å²) >= 11 is 2.99. The number of aromatic nitrogens is 1. The Balaban J connectivity index is 3.27. The van der Waals surface area contributed by atoms with Crippen molar-refractivity contribution in [2.75, 3.05) is 5.73 Å². The van der Waals surface area contributed by atoms with Crippen LogP contribution in [0.25, 0.3) is 0 Å². The van der Waals surface area contributed by atoms with Gasteiger partial charge in [-0.15, -0.1) is 0 Å². The lowest BCUT2D eigenvalue weighted by atomic mass is 10.2. The zero-order valence-electron chi connectivity index (χ0n) is 6.60. The molecule has 0 aliphatic rings. The van der Waals surface area contributed by atoms with E-state index >= 15 is 0 Å². The molecule has 0 saturated heterocycles. The first-order chi connectivity index (χ1) is 6.07. The number of nitrogens with zero attached hydrogens (tertiary/aromatic N) is 1. The van der Waals surface area contributed by atoms with E-state index in [4.69, 9.17) is 11.5 Å². The van der Waals surface area contributed by atoms with Crippen molar-refractivity contribution in [1.29, 1.82) is 0 Å². The average molecular weight is 252 g/mol. The van der Waals surface area contributed by atoms with Crippen molar-refractivity contribution in [3.05, 3.63) is 21.9 Å². The van der Waals surface area contributed by atoms with Gasteiger partial charge in [0.1, 0.15) is 5.69 Å². The van der Waals surface area contributed by atoms with Gasteiger partial charge in [-0.1, -0.05) is 0 Å². The van der Waals surface area contributed by atoms with Crippen LogP contribution in [0.3, 0.4) is 0 Å². The number of alkyl halides is 2. The van der Waals surface area contributed by atoms with Crippen LogP contribution in [-0.4, -0.2) is 4.98 Å². The highest BCUT2D eigenvalue weighted by atomic mass is 79.9. The van der Waals surface area contributed by atoms with Crippen LogP contribution in [-0.2, 0) is 6.54 Å². The van der Waals surface area contributed by atoms with Gasteiger partial charge in [-0.2, -0.15) is 0 Å². The Morgan fingerprint density at radius 2 is 2.15 bits per heavy atom. The Labute approximate surface area is 82.3 Å². The molecule has 1 aromatic heterocycles. The molecule has 0 aliphatic heterocycles. The lowest BCUT2D eigenvalue weighted by Crippen LogP contribution is -2.06. The van der Waals surface area contributed by atoms with Crippen LogP contribution in [0.15, 0.2) is 10.7 Å². The van der Waals surface area contributed by atoms with E-state index in [-0.39, 0.29) is 16.7 Å². The smallest absolute Gasteiger partial charge is 0.281 e. The van der Waals surface area contributed by atoms with Gasteiger partial charge in [0.2, 0.25) is 0 Å². The minimum Gasteiger partial charge on any atom is -0.397 e. The third kappa shape index (κ3) is 1.94. The maximum atomic E-state index is 12.3. The van der Waals surface area contributed by atoms with Gasteiger partial charge in [-0.05, 0) is 15.9 Å². The molecular formula is C7H8BrF2N3. The van der Waals surface area contributed by atoms with Gasteiger partial charge in [-0.25, -0.2) is 8.78 Å². The lowest BCUT2D eigenvalue weighted by molar-refractivity contribution is 0.145. The van der Waals surface area contributed by atoms with E-state index in [0.717, 1.165) is 0 Å². The molecule has 0 unspecified atom stereocenters. The van der Waals surface area contributed by atoms with E-state index in [9.17, 15) is 8.78 Å². The van der Waals surface area contributed by atoms with Crippen molar-refractivity contribution in [1.82, 2.24) is 4.98 Å². The highest BCUT2D eigenvalue weighted by Crippen LogP contribution is 2.30. The minimum absolute atomic E-state index is 0.106. The molecule has 0 amide bonds. The van der Waals surface area contributed by atoms with Crippen LogP contribution in [0.2, 0.25) is 0 Å². The first-order valence-corrected chi connectivity index (χ1v) is 4.28. The Bertz CT molecular complexity index is 317. The van der Waals surface area contributed by atoms with E-state index in [1.165, 1.54) is 6.20 Å². The van der Waals surface area contributed by atoms with Crippen LogP contribution in [0, 0.1) is 0 Å². The summed E-state index contributed by atoms with van der Waals surface area (Å²) in [6.45, 7) is 0.106. The van der Waals surface area contributed by atoms with Gasteiger partial charge >= 0.3 is 0 Å². The Morgan fingerprint density at radius 3 is 2.62 bits per heavy atom. The zero-order chi connectivity index (χ0) is 10.0. The molecule has 3 nitrogen and oxygen atoms in total. The van der Waals surface area contributed by atoms with Gasteiger partial charge in [0.05, 0.1) is 16.4 Å². The van der Waals surface area contributed by atoms with E-state index in [1.54, 1.807) is 0 Å². The molecule has 0 radical (unpaired) electrons. The fourth-order valence-corrected chi connectivity index (χ4v) is 1.58. The molecule has 6 heteroatoms. The van der Waals surface area contributed by atoms with Gasteiger partial charge in [0, 0.05) is 12.1 Å². The molecule has 1 heterocycles. The Kier molecular flexibility index (Phi) is 3.16. The van der Waals surface area contributed by atoms with Crippen LogP contribution in [0.5, 0.6) is 0 Å². The number of nitrogens with two attached hydrogens (primary N) is 2. The van der Waals surface area contributed by atoms with Crippen molar-refractivity contribution in [2.45, 2.75) is 13.0 Å². The molecule has 1 rings (SSSR count). The average Bonchev–Trinajstić information content (AvgIpc) is 2.04. The number of hydrogen-bond acceptors (Lipinski definition) is 3. The Morgan fingerprint density at radius 1 is 1.54 bits per heavy atom. The van der Waals surface area contributed by atoms with Gasteiger partial charge in [0.15, 0.2) is 0 Å². The summed E-state index contributed by atoms with van der Waals surface area (Å²) in [5, 5.41) is 0. The quantitative estimate of drug-likeness (QED) is 0.843. The molecule has 0 atom stereocenters. The number of anilines is 1. The van der Waals surface area contributed by atoms with Crippen molar-refractivity contribution >= 4 is 21.6 Å². The molecule has 4 N–H and O–H groups in total. The summed E-state index contributed by atoms with van der Waals surface area (Å²) in [5.41, 5.74) is 11.3. The molecule has 0 aliphatic carbocycles. The van der Waals surface area contributed by atoms with Gasteiger partial charge in [0.25, 0.3) is 6.43 Å². The molecule has 0 saturated carbocycles. The van der Waals surface area contributed by atoms with Crippen LogP contribution in [0.4, 0.5) is 14.5 Å². The third-order valence-electron chi connectivity index (χ3n) is 1.59. The normalized spacial score (nSPS) is 10.8. The number of halogens is 3. The zero-order valence-corrected chi connectivity index (χ0v) is 8.18. The monoisotopic (exact) mass is 251 g/mol. The molecular weight excluding hydrogens is 244 g/mol. The molecule has 0 fully saturated rings. The third-order valence-corrected chi connectivity index (χ3v) is 2.48. The lowest BCUT2D eigenvalue weighted by Gasteiger charge is -2.09. The first kappa shape index (κ1) is 10.3. The number of hydrogen-bond donors (Lipinski definition) is 2. The largest absolute Gasteiger partial charge is 0.397 e. The minimum atomic E-state index is -2.62. The fraction of sp³-hybridized carbons (Fsp3) is 0.286. The van der Waals surface area contributed by atoms with Crippen LogP contribution < -0.4 is 11.5 Å².